The van der Waals surface area contributed by atoms with Gasteiger partial charge in [-0.15, -0.1) is 0 Å². The first-order valence-electron chi connectivity index (χ1n) is 21.2. The Kier molecular flexibility index (Phi) is 22.2. The monoisotopic (exact) mass is 958 g/mol. The average molecular weight is 959 g/mol. The van der Waals surface area contributed by atoms with Gasteiger partial charge in [-0.25, -0.2) is 19.9 Å². The molecule has 0 unspecified atom stereocenters. The highest BCUT2D eigenvalue weighted by Crippen LogP contribution is 2.26. The van der Waals surface area contributed by atoms with E-state index in [2.05, 4.69) is 90.2 Å². The van der Waals surface area contributed by atoms with Crippen molar-refractivity contribution in [1.82, 2.24) is 44.9 Å². The van der Waals surface area contributed by atoms with Crippen molar-refractivity contribution in [3.8, 4) is 17.1 Å². The van der Waals surface area contributed by atoms with E-state index in [1.165, 1.54) is 31.3 Å². The Morgan fingerprint density at radius 1 is 0.618 bits per heavy atom. The minimum absolute atomic E-state index is 0. The third-order valence-corrected chi connectivity index (χ3v) is 11.1. The molecule has 3 aliphatic rings. The molecular formula is C47H68ClN15O5. The Bertz CT molecular complexity index is 2460. The molecule has 20 nitrogen and oxygen atoms in total. The smallest absolute Gasteiger partial charge is 0.311 e. The van der Waals surface area contributed by atoms with E-state index in [1.807, 2.05) is 42.5 Å². The minimum atomic E-state index is -0.612. The molecule has 9 rings (SSSR count). The number of pyridine rings is 3. The van der Waals surface area contributed by atoms with E-state index in [0.717, 1.165) is 105 Å². The molecule has 3 aliphatic heterocycles. The van der Waals surface area contributed by atoms with Gasteiger partial charge in [0.05, 0.1) is 15.4 Å². The van der Waals surface area contributed by atoms with Gasteiger partial charge < -0.3 is 51.0 Å². The van der Waals surface area contributed by atoms with Crippen LogP contribution in [0.4, 0.5) is 34.6 Å². The lowest BCUT2D eigenvalue weighted by molar-refractivity contribution is -0.384. The summed E-state index contributed by atoms with van der Waals surface area (Å²) in [7, 11) is 6.38. The number of nitrogens with two attached hydrogens (primary N) is 2. The van der Waals surface area contributed by atoms with Crippen LogP contribution in [0.15, 0.2) is 91.0 Å². The van der Waals surface area contributed by atoms with Gasteiger partial charge in [-0.3, -0.25) is 20.2 Å². The van der Waals surface area contributed by atoms with E-state index >= 15 is 0 Å². The zero-order valence-electron chi connectivity index (χ0n) is 36.8. The van der Waals surface area contributed by atoms with Crippen molar-refractivity contribution >= 4 is 57.4 Å². The van der Waals surface area contributed by atoms with E-state index in [-0.39, 0.29) is 50.4 Å². The van der Waals surface area contributed by atoms with Crippen LogP contribution in [0, 0.1) is 20.2 Å². The Hall–Kier alpha value is -6.71. The van der Waals surface area contributed by atoms with Crippen molar-refractivity contribution in [2.24, 2.45) is 0 Å². The van der Waals surface area contributed by atoms with Crippen molar-refractivity contribution in [3.05, 3.63) is 122 Å². The number of nitrogens with one attached hydrogen (secondary N) is 2. The molecule has 368 valence electrons. The molecular weight excluding hydrogens is 890 g/mol. The highest BCUT2D eigenvalue weighted by Gasteiger charge is 2.20. The van der Waals surface area contributed by atoms with E-state index in [9.17, 15) is 20.2 Å². The minimum Gasteiger partial charge on any atom is -0.489 e. The summed E-state index contributed by atoms with van der Waals surface area (Å²) in [5.41, 5.74) is 14.3. The predicted octanol–water partition coefficient (Wildman–Crippen LogP) is 6.93. The van der Waals surface area contributed by atoms with Gasteiger partial charge in [0.1, 0.15) is 35.0 Å². The van der Waals surface area contributed by atoms with Crippen LogP contribution in [-0.4, -0.2) is 149 Å². The van der Waals surface area contributed by atoms with Gasteiger partial charge in [0, 0.05) is 96.2 Å². The molecule has 0 aliphatic carbocycles. The maximum absolute atomic E-state index is 10.6. The number of nitrogens with zero attached hydrogens (tertiary/aromatic N) is 11. The second-order valence-electron chi connectivity index (χ2n) is 15.7. The highest BCUT2D eigenvalue weighted by atomic mass is 35.5. The number of imidazole rings is 1. The molecule has 3 saturated heterocycles. The fourth-order valence-corrected chi connectivity index (χ4v) is 7.03. The number of nitro groups is 2. The van der Waals surface area contributed by atoms with Gasteiger partial charge >= 0.3 is 11.4 Å². The van der Waals surface area contributed by atoms with Crippen LogP contribution in [0.1, 0.15) is 27.8 Å². The number of aromatic nitrogens is 5. The Balaban J connectivity index is 0.000000272. The van der Waals surface area contributed by atoms with Gasteiger partial charge in [-0.05, 0) is 75.2 Å². The first-order chi connectivity index (χ1) is 31.3. The number of ether oxygens (including phenoxy) is 1. The topological polar surface area (TPSA) is 243 Å². The van der Waals surface area contributed by atoms with Crippen LogP contribution in [0.3, 0.4) is 0 Å². The van der Waals surface area contributed by atoms with Crippen molar-refractivity contribution < 1.29 is 14.6 Å². The summed E-state index contributed by atoms with van der Waals surface area (Å²) >= 11 is 5.41. The lowest BCUT2D eigenvalue weighted by Crippen LogP contribution is -2.44. The molecule has 0 atom stereocenters. The van der Waals surface area contributed by atoms with Crippen LogP contribution in [0.5, 0.6) is 5.75 Å². The maximum Gasteiger partial charge on any atom is 0.311 e. The molecule has 3 fully saturated rings. The molecule has 6 N–H and O–H groups in total. The summed E-state index contributed by atoms with van der Waals surface area (Å²) in [5, 5.41) is 24.2. The van der Waals surface area contributed by atoms with Gasteiger partial charge in [-0.2, -0.15) is 0 Å². The largest absolute Gasteiger partial charge is 0.489 e. The zero-order chi connectivity index (χ0) is 46.3. The van der Waals surface area contributed by atoms with Gasteiger partial charge in [-0.1, -0.05) is 64.2 Å². The lowest BCUT2D eigenvalue weighted by atomic mass is 10.2. The number of halogens is 1. The van der Waals surface area contributed by atoms with E-state index in [1.54, 1.807) is 6.07 Å². The number of likely N-dealkylation sites (N-methyl/N-ethyl adjacent to an activating group) is 3. The number of benzene rings is 2. The standard InChI is InChI=1S/C24H25N5O.C10H15N5O2.C5H4ClN3O2.C5H12N2.3CH4/c1-28-13-15-29(16-14-28)22-12-11-21-24(26-22)27-23(25-21)19-7-9-20(10-8-19)30-17-18-5-3-2-4-6-18;1-13-4-6-14(7-5-13)9-3-2-8(15(16)17)10(11)12-9;6-4-2-1-3(9(10)11)5(7)8-4;1-7-4-2-6-3-5-7;;;/h2-12H,13-17H2,1H3,(H,25,26,27);2-3H,4-7H2,1H3,(H2,11,12);1-2H,(H2,7,8);6H,2-5H2,1H3;3*1H4. The molecule has 7 heterocycles. The van der Waals surface area contributed by atoms with Crippen LogP contribution in [0.2, 0.25) is 5.15 Å². The Morgan fingerprint density at radius 2 is 1.12 bits per heavy atom. The zero-order valence-corrected chi connectivity index (χ0v) is 37.6. The predicted molar refractivity (Wildman–Crippen MR) is 276 cm³/mol. The maximum atomic E-state index is 10.6. The van der Waals surface area contributed by atoms with E-state index in [0.29, 0.717) is 12.4 Å². The molecule has 0 bridgehead atoms. The Morgan fingerprint density at radius 3 is 1.62 bits per heavy atom. The summed E-state index contributed by atoms with van der Waals surface area (Å²) in [6.45, 7) is 13.1. The van der Waals surface area contributed by atoms with Crippen LogP contribution in [-0.2, 0) is 6.61 Å². The van der Waals surface area contributed by atoms with E-state index < -0.39 is 9.85 Å². The summed E-state index contributed by atoms with van der Waals surface area (Å²) in [6.07, 6.45) is 0. The molecule has 0 spiro atoms. The number of hydrogen-bond acceptors (Lipinski definition) is 17. The number of aromatic amines is 1. The van der Waals surface area contributed by atoms with Crippen molar-refractivity contribution in [2.45, 2.75) is 28.9 Å². The average Bonchev–Trinajstić information content (AvgIpc) is 3.74. The molecule has 2 aromatic carbocycles. The normalized spacial score (nSPS) is 15.0. The molecule has 68 heavy (non-hydrogen) atoms. The fraction of sp³-hybridized carbons (Fsp3) is 0.404. The molecule has 21 heteroatoms. The molecule has 0 radical (unpaired) electrons. The van der Waals surface area contributed by atoms with Gasteiger partial charge in [0.2, 0.25) is 11.6 Å². The molecule has 0 saturated carbocycles. The highest BCUT2D eigenvalue weighted by molar-refractivity contribution is 6.29. The number of hydrogen-bond donors (Lipinski definition) is 4. The number of piperazine rings is 3. The Labute approximate surface area is 404 Å². The number of nitrogen functional groups attached to an aromatic ring is 2. The van der Waals surface area contributed by atoms with Crippen molar-refractivity contribution in [1.29, 1.82) is 0 Å². The third-order valence-electron chi connectivity index (χ3n) is 10.9. The third kappa shape index (κ3) is 16.3. The van der Waals surface area contributed by atoms with E-state index in [4.69, 9.17) is 37.8 Å². The first kappa shape index (κ1) is 55.6. The summed E-state index contributed by atoms with van der Waals surface area (Å²) in [5.74, 6) is 3.19. The SMILES string of the molecule is C.C.C.CN1CCN(c2ccc([N+](=O)[O-])c(N)n2)CC1.CN1CCN(c2ccc3[nH]c(-c4ccc(OCc5ccccc5)cc4)nc3n2)CC1.CN1CCNCC1.Nc1nc(Cl)ccc1[N+](=O)[O-]. The van der Waals surface area contributed by atoms with Crippen LogP contribution < -0.4 is 31.3 Å². The number of anilines is 4. The quantitative estimate of drug-likeness (QED) is 0.0686. The first-order valence-corrected chi connectivity index (χ1v) is 21.6. The summed E-state index contributed by atoms with van der Waals surface area (Å²) in [4.78, 5) is 51.5. The molecule has 0 amide bonds. The molecule has 6 aromatic rings. The van der Waals surface area contributed by atoms with Gasteiger partial charge in [0.25, 0.3) is 0 Å². The lowest BCUT2D eigenvalue weighted by Gasteiger charge is -2.33. The van der Waals surface area contributed by atoms with Crippen LogP contribution in [0.25, 0.3) is 22.6 Å². The second kappa shape index (κ2) is 27.2. The summed E-state index contributed by atoms with van der Waals surface area (Å²) in [6, 6.07) is 27.9. The van der Waals surface area contributed by atoms with Crippen LogP contribution >= 0.6 is 11.6 Å². The van der Waals surface area contributed by atoms with Gasteiger partial charge in [0.15, 0.2) is 5.65 Å². The number of fused-ring (bicyclic) bond motifs is 1. The second-order valence-corrected chi connectivity index (χ2v) is 16.1. The number of H-pyrrole nitrogens is 1. The number of rotatable bonds is 8. The molecule has 4 aromatic heterocycles. The summed E-state index contributed by atoms with van der Waals surface area (Å²) < 4.78 is 5.88. The van der Waals surface area contributed by atoms with Crippen molar-refractivity contribution in [3.63, 3.8) is 0 Å². The van der Waals surface area contributed by atoms with Crippen molar-refractivity contribution in [2.75, 3.05) is 121 Å². The fourth-order valence-electron chi connectivity index (χ4n) is 6.88.